The fourth-order valence-corrected chi connectivity index (χ4v) is 3.82. The van der Waals surface area contributed by atoms with Gasteiger partial charge in [0.1, 0.15) is 11.6 Å². The Hall–Kier alpha value is -2.91. The van der Waals surface area contributed by atoms with Crippen LogP contribution in [0, 0.1) is 12.7 Å². The first-order valence-electron chi connectivity index (χ1n) is 8.08. The number of rotatable bonds is 5. The van der Waals surface area contributed by atoms with Gasteiger partial charge in [0.25, 0.3) is 10.0 Å². The van der Waals surface area contributed by atoms with E-state index >= 15 is 0 Å². The molecule has 0 radical (unpaired) electrons. The highest BCUT2D eigenvalue weighted by molar-refractivity contribution is 7.92. The summed E-state index contributed by atoms with van der Waals surface area (Å²) in [5, 5.41) is 6.72. The third-order valence-electron chi connectivity index (χ3n) is 3.70. The number of anilines is 2. The zero-order valence-corrected chi connectivity index (χ0v) is 16.5. The van der Waals surface area contributed by atoms with Gasteiger partial charge in [-0.2, -0.15) is 5.10 Å². The highest BCUT2D eigenvalue weighted by atomic mass is 35.5. The number of hydrogen-bond donors (Lipinski definition) is 2. The van der Waals surface area contributed by atoms with E-state index in [1.807, 2.05) is 0 Å². The normalized spacial score (nSPS) is 11.3. The number of aryl methyl sites for hydroxylation is 1. The van der Waals surface area contributed by atoms with Crippen LogP contribution in [0.25, 0.3) is 5.69 Å². The van der Waals surface area contributed by atoms with Crippen molar-refractivity contribution in [2.24, 2.45) is 0 Å². The minimum Gasteiger partial charge on any atom is -0.311 e. The number of nitrogens with one attached hydrogen (secondary N) is 2. The first-order valence-corrected chi connectivity index (χ1v) is 9.94. The molecule has 0 aliphatic rings. The van der Waals surface area contributed by atoms with E-state index in [9.17, 15) is 17.6 Å². The zero-order chi connectivity index (χ0) is 20.5. The third-order valence-corrected chi connectivity index (χ3v) is 5.37. The topological polar surface area (TPSA) is 93.1 Å². The van der Waals surface area contributed by atoms with Crippen LogP contribution in [-0.2, 0) is 14.8 Å². The number of sulfonamides is 1. The van der Waals surface area contributed by atoms with E-state index in [1.165, 1.54) is 11.6 Å². The Morgan fingerprint density at radius 3 is 2.43 bits per heavy atom. The first-order chi connectivity index (χ1) is 13.2. The molecule has 0 atom stereocenters. The number of halogens is 2. The summed E-state index contributed by atoms with van der Waals surface area (Å²) in [7, 11) is -3.93. The molecule has 0 aliphatic heterocycles. The summed E-state index contributed by atoms with van der Waals surface area (Å²) in [4.78, 5) is 11.2. The van der Waals surface area contributed by atoms with Crippen LogP contribution in [0.3, 0.4) is 0 Å². The molecule has 0 saturated heterocycles. The van der Waals surface area contributed by atoms with E-state index in [4.69, 9.17) is 11.6 Å². The predicted molar refractivity (Wildman–Crippen MR) is 105 cm³/mol. The number of amides is 1. The second kappa shape index (κ2) is 7.61. The maximum absolute atomic E-state index is 13.3. The SMILES string of the molecule is CC(=O)Nc1cc(C)nn1-c1ccc(NS(=O)(=O)c2ccc(F)c(Cl)c2)cc1. The highest BCUT2D eigenvalue weighted by Gasteiger charge is 2.16. The van der Waals surface area contributed by atoms with Crippen LogP contribution in [0.15, 0.2) is 53.4 Å². The Morgan fingerprint density at radius 2 is 1.82 bits per heavy atom. The van der Waals surface area contributed by atoms with Gasteiger partial charge in [-0.1, -0.05) is 11.6 Å². The molecule has 0 fully saturated rings. The molecule has 2 aromatic carbocycles. The van der Waals surface area contributed by atoms with Gasteiger partial charge in [-0.15, -0.1) is 0 Å². The van der Waals surface area contributed by atoms with E-state index in [1.54, 1.807) is 37.3 Å². The van der Waals surface area contributed by atoms with Crippen molar-refractivity contribution < 1.29 is 17.6 Å². The number of carbonyl (C=O) groups is 1. The number of hydrogen-bond acceptors (Lipinski definition) is 4. The van der Waals surface area contributed by atoms with E-state index < -0.39 is 15.8 Å². The Bertz CT molecular complexity index is 1140. The summed E-state index contributed by atoms with van der Waals surface area (Å²) in [5.74, 6) is -0.433. The Labute approximate surface area is 166 Å². The van der Waals surface area contributed by atoms with E-state index in [-0.39, 0.29) is 15.8 Å². The van der Waals surface area contributed by atoms with Gasteiger partial charge in [0.05, 0.1) is 21.3 Å². The van der Waals surface area contributed by atoms with Crippen LogP contribution in [0.2, 0.25) is 5.02 Å². The van der Waals surface area contributed by atoms with Gasteiger partial charge in [-0.3, -0.25) is 9.52 Å². The monoisotopic (exact) mass is 422 g/mol. The van der Waals surface area contributed by atoms with Gasteiger partial charge < -0.3 is 5.32 Å². The van der Waals surface area contributed by atoms with Crippen molar-refractivity contribution in [1.82, 2.24) is 9.78 Å². The van der Waals surface area contributed by atoms with E-state index in [0.29, 0.717) is 22.9 Å². The van der Waals surface area contributed by atoms with Crippen LogP contribution in [0.1, 0.15) is 12.6 Å². The molecule has 7 nitrogen and oxygen atoms in total. The van der Waals surface area contributed by atoms with Crippen LogP contribution in [-0.4, -0.2) is 24.1 Å². The lowest BCUT2D eigenvalue weighted by atomic mass is 10.3. The molecular weight excluding hydrogens is 407 g/mol. The maximum atomic E-state index is 13.3. The molecule has 0 saturated carbocycles. The van der Waals surface area contributed by atoms with Crippen LogP contribution in [0.4, 0.5) is 15.9 Å². The molecule has 3 aromatic rings. The fourth-order valence-electron chi connectivity index (χ4n) is 2.49. The zero-order valence-electron chi connectivity index (χ0n) is 14.9. The fraction of sp³-hybridized carbons (Fsp3) is 0.111. The largest absolute Gasteiger partial charge is 0.311 e. The van der Waals surface area contributed by atoms with Crippen molar-refractivity contribution in [3.05, 3.63) is 65.1 Å². The molecule has 1 aromatic heterocycles. The van der Waals surface area contributed by atoms with E-state index in [2.05, 4.69) is 15.1 Å². The van der Waals surface area contributed by atoms with Gasteiger partial charge in [0.2, 0.25) is 5.91 Å². The van der Waals surface area contributed by atoms with Crippen molar-refractivity contribution in [1.29, 1.82) is 0 Å². The molecule has 1 amide bonds. The molecule has 0 aliphatic carbocycles. The van der Waals surface area contributed by atoms with Gasteiger partial charge >= 0.3 is 0 Å². The van der Waals surface area contributed by atoms with Crippen molar-refractivity contribution in [3.63, 3.8) is 0 Å². The molecule has 2 N–H and O–H groups in total. The summed E-state index contributed by atoms with van der Waals surface area (Å²) in [5.41, 5.74) is 1.64. The molecule has 146 valence electrons. The lowest BCUT2D eigenvalue weighted by Gasteiger charge is -2.11. The molecule has 1 heterocycles. The second-order valence-electron chi connectivity index (χ2n) is 5.99. The van der Waals surface area contributed by atoms with Crippen molar-refractivity contribution in [3.8, 4) is 5.69 Å². The summed E-state index contributed by atoms with van der Waals surface area (Å²) in [6.07, 6.45) is 0. The number of aromatic nitrogens is 2. The van der Waals surface area contributed by atoms with Crippen LogP contribution >= 0.6 is 11.6 Å². The minimum absolute atomic E-state index is 0.154. The Kier molecular flexibility index (Phi) is 5.39. The van der Waals surface area contributed by atoms with Crippen molar-refractivity contribution >= 4 is 39.0 Å². The second-order valence-corrected chi connectivity index (χ2v) is 8.08. The number of carbonyl (C=O) groups excluding carboxylic acids is 1. The average molecular weight is 423 g/mol. The van der Waals surface area contributed by atoms with Crippen molar-refractivity contribution in [2.45, 2.75) is 18.7 Å². The molecule has 0 unspecified atom stereocenters. The average Bonchev–Trinajstić information content (AvgIpc) is 2.97. The van der Waals surface area contributed by atoms with Crippen LogP contribution in [0.5, 0.6) is 0 Å². The van der Waals surface area contributed by atoms with Crippen molar-refractivity contribution in [2.75, 3.05) is 10.0 Å². The highest BCUT2D eigenvalue weighted by Crippen LogP contribution is 2.23. The van der Waals surface area contributed by atoms with Gasteiger partial charge in [-0.05, 0) is 49.4 Å². The summed E-state index contributed by atoms with van der Waals surface area (Å²) in [6.45, 7) is 3.18. The van der Waals surface area contributed by atoms with Gasteiger partial charge in [0, 0.05) is 18.7 Å². The quantitative estimate of drug-likeness (QED) is 0.655. The number of benzene rings is 2. The molecule has 28 heavy (non-hydrogen) atoms. The molecule has 0 spiro atoms. The van der Waals surface area contributed by atoms with Gasteiger partial charge in [0.15, 0.2) is 0 Å². The van der Waals surface area contributed by atoms with E-state index in [0.717, 1.165) is 18.2 Å². The Morgan fingerprint density at radius 1 is 1.14 bits per heavy atom. The van der Waals surface area contributed by atoms with Gasteiger partial charge in [-0.25, -0.2) is 17.5 Å². The van der Waals surface area contributed by atoms with Crippen LogP contribution < -0.4 is 10.0 Å². The number of nitrogens with zero attached hydrogens (tertiary/aromatic N) is 2. The predicted octanol–water partition coefficient (Wildman–Crippen LogP) is 3.73. The summed E-state index contributed by atoms with van der Waals surface area (Å²) in [6, 6.07) is 11.3. The molecule has 0 bridgehead atoms. The lowest BCUT2D eigenvalue weighted by molar-refractivity contribution is -0.114. The molecule has 3 rings (SSSR count). The summed E-state index contributed by atoms with van der Waals surface area (Å²) >= 11 is 5.66. The molecular formula is C18H16ClFN4O3S. The Balaban J connectivity index is 1.85. The summed E-state index contributed by atoms with van der Waals surface area (Å²) < 4.78 is 42.1. The third kappa shape index (κ3) is 4.32. The standard InChI is InChI=1S/C18H16ClFN4O3S/c1-11-9-18(21-12(2)25)24(22-11)14-5-3-13(4-6-14)23-28(26,27)15-7-8-17(20)16(19)10-15/h3-10,23H,1-2H3,(H,21,25). The molecule has 10 heteroatoms. The maximum Gasteiger partial charge on any atom is 0.261 e. The first kappa shape index (κ1) is 19.8. The smallest absolute Gasteiger partial charge is 0.261 e. The lowest BCUT2D eigenvalue weighted by Crippen LogP contribution is -2.13. The minimum atomic E-state index is -3.93.